The van der Waals surface area contributed by atoms with Crippen LogP contribution in [0.5, 0.6) is 0 Å². The summed E-state index contributed by atoms with van der Waals surface area (Å²) in [6.07, 6.45) is 15.4. The van der Waals surface area contributed by atoms with Gasteiger partial charge in [-0.05, 0) is 79.2 Å². The van der Waals surface area contributed by atoms with E-state index < -0.39 is 0 Å². The molecule has 0 bridgehead atoms. The third-order valence-electron chi connectivity index (χ3n) is 11.2. The first-order valence-electron chi connectivity index (χ1n) is 21.4. The number of nitrogens with zero attached hydrogens (tertiary/aromatic N) is 10. The van der Waals surface area contributed by atoms with E-state index in [2.05, 4.69) is 84.6 Å². The van der Waals surface area contributed by atoms with Gasteiger partial charge in [-0.15, -0.1) is 0 Å². The second kappa shape index (κ2) is 17.3. The van der Waals surface area contributed by atoms with Gasteiger partial charge in [0.15, 0.2) is 22.9 Å². The Labute approximate surface area is 376 Å². The SMILES string of the molecule is CCCNCc1cncc(-c2cnc3n[nH]c(-c4nc5c(-c6ccccn6)cccc5[nH]4)c3c2)c1.Nc1cncc(-c2cnc3n[nH]c(-c4nc5c(-c6ccccn6)cccc5[nH]4)c3c2)c1. The Morgan fingerprint density at radius 1 is 0.545 bits per heavy atom. The molecule has 0 aliphatic rings. The summed E-state index contributed by atoms with van der Waals surface area (Å²) >= 11 is 0. The van der Waals surface area contributed by atoms with Crippen molar-refractivity contribution in [1.29, 1.82) is 0 Å². The summed E-state index contributed by atoms with van der Waals surface area (Å²) in [5, 5.41) is 20.2. The smallest absolute Gasteiger partial charge is 0.181 e. The quantitative estimate of drug-likeness (QED) is 0.0707. The van der Waals surface area contributed by atoms with E-state index in [1.54, 1.807) is 31.0 Å². The van der Waals surface area contributed by atoms with Gasteiger partial charge in [-0.3, -0.25) is 30.1 Å². The van der Waals surface area contributed by atoms with Gasteiger partial charge in [0.1, 0.15) is 11.4 Å². The van der Waals surface area contributed by atoms with Crippen molar-refractivity contribution in [1.82, 2.24) is 75.6 Å². The summed E-state index contributed by atoms with van der Waals surface area (Å²) in [6, 6.07) is 31.9. The number of fused-ring (bicyclic) bond motifs is 4. The lowest BCUT2D eigenvalue weighted by atomic mass is 10.1. The van der Waals surface area contributed by atoms with Crippen molar-refractivity contribution in [3.05, 3.63) is 152 Å². The molecular formula is C50H40N16. The molecule has 0 radical (unpaired) electrons. The molecule has 12 aromatic rings. The number of imidazole rings is 2. The maximum absolute atomic E-state index is 5.89. The highest BCUT2D eigenvalue weighted by atomic mass is 15.2. The van der Waals surface area contributed by atoms with E-state index in [9.17, 15) is 0 Å². The fraction of sp³-hybridized carbons (Fsp3) is 0.0800. The number of nitrogen functional groups attached to an aromatic ring is 1. The number of para-hydroxylation sites is 2. The van der Waals surface area contributed by atoms with Crippen LogP contribution < -0.4 is 11.1 Å². The molecule has 66 heavy (non-hydrogen) atoms. The maximum atomic E-state index is 5.89. The molecule has 0 aliphatic heterocycles. The van der Waals surface area contributed by atoms with E-state index in [1.807, 2.05) is 104 Å². The average molecular weight is 865 g/mol. The van der Waals surface area contributed by atoms with Gasteiger partial charge >= 0.3 is 0 Å². The van der Waals surface area contributed by atoms with Crippen LogP contribution in [-0.4, -0.2) is 76.8 Å². The molecule has 0 unspecified atom stereocenters. The van der Waals surface area contributed by atoms with Gasteiger partial charge in [0, 0.05) is 89.5 Å². The van der Waals surface area contributed by atoms with Gasteiger partial charge in [-0.2, -0.15) is 10.2 Å². The van der Waals surface area contributed by atoms with E-state index in [0.29, 0.717) is 28.6 Å². The Morgan fingerprint density at radius 2 is 1.09 bits per heavy atom. The molecule has 0 aliphatic carbocycles. The number of H-pyrrole nitrogens is 4. The minimum atomic E-state index is 0.601. The molecule has 12 rings (SSSR count). The molecule has 0 atom stereocenters. The van der Waals surface area contributed by atoms with Crippen LogP contribution in [0.1, 0.15) is 18.9 Å². The van der Waals surface area contributed by atoms with Crippen molar-refractivity contribution in [2.24, 2.45) is 0 Å². The van der Waals surface area contributed by atoms with Crippen molar-refractivity contribution in [2.45, 2.75) is 19.9 Å². The van der Waals surface area contributed by atoms with Gasteiger partial charge in [0.2, 0.25) is 0 Å². The molecule has 16 nitrogen and oxygen atoms in total. The van der Waals surface area contributed by atoms with Crippen LogP contribution in [0, 0.1) is 0 Å². The molecule has 0 saturated heterocycles. The molecular weight excluding hydrogens is 825 g/mol. The summed E-state index contributed by atoms with van der Waals surface area (Å²) in [5.74, 6) is 1.39. The van der Waals surface area contributed by atoms with Crippen molar-refractivity contribution in [2.75, 3.05) is 12.3 Å². The summed E-state index contributed by atoms with van der Waals surface area (Å²) in [7, 11) is 0. The molecule has 0 fully saturated rings. The Balaban J connectivity index is 0.000000147. The Bertz CT molecular complexity index is 3650. The highest BCUT2D eigenvalue weighted by Crippen LogP contribution is 2.34. The number of aromatic amines is 4. The standard InChI is InChI=1S/C27H24N8.C23H16N8/c1-2-9-28-13-17-11-18(15-29-14-17)19-12-21-25(34-35-26(21)31-16-19)27-32-23-8-5-6-20(24(23)33-27)22-7-3-4-10-30-22;24-15-8-13(10-25-12-15)14-9-17-21(30-31-22(17)27-11-14)23-28-19-6-3-4-16(20(19)29-23)18-5-1-2-7-26-18/h3-8,10-12,14-16,28H,2,9,13H2,1H3,(H,32,33)(H,31,34,35);1-12H,24H2,(H,28,29)(H,27,30,31). The topological polar surface area (TPSA) is 230 Å². The first-order valence-corrected chi connectivity index (χ1v) is 21.4. The molecule has 0 amide bonds. The van der Waals surface area contributed by atoms with Gasteiger partial charge in [-0.1, -0.05) is 43.3 Å². The van der Waals surface area contributed by atoms with Gasteiger partial charge in [0.25, 0.3) is 0 Å². The van der Waals surface area contributed by atoms with Crippen molar-refractivity contribution >= 4 is 49.8 Å². The average Bonchev–Trinajstić information content (AvgIpc) is 4.19. The van der Waals surface area contributed by atoms with Crippen molar-refractivity contribution in [3.63, 3.8) is 0 Å². The Hall–Kier alpha value is -9.02. The zero-order chi connectivity index (χ0) is 44.4. The van der Waals surface area contributed by atoms with Gasteiger partial charge in [-0.25, -0.2) is 19.9 Å². The molecule has 7 N–H and O–H groups in total. The van der Waals surface area contributed by atoms with Crippen molar-refractivity contribution < 1.29 is 0 Å². The zero-order valence-corrected chi connectivity index (χ0v) is 35.5. The molecule has 16 heteroatoms. The maximum Gasteiger partial charge on any atom is 0.181 e. The minimum Gasteiger partial charge on any atom is -0.397 e. The number of anilines is 1. The zero-order valence-electron chi connectivity index (χ0n) is 35.5. The van der Waals surface area contributed by atoms with E-state index in [4.69, 9.17) is 15.7 Å². The molecule has 0 saturated carbocycles. The van der Waals surface area contributed by atoms with E-state index >= 15 is 0 Å². The molecule has 320 valence electrons. The number of aromatic nitrogens is 14. The lowest BCUT2D eigenvalue weighted by Gasteiger charge is -2.06. The number of pyridine rings is 6. The monoisotopic (exact) mass is 864 g/mol. The second-order valence-corrected chi connectivity index (χ2v) is 15.7. The van der Waals surface area contributed by atoms with Crippen molar-refractivity contribution in [3.8, 4) is 67.8 Å². The fourth-order valence-electron chi connectivity index (χ4n) is 8.00. The predicted molar refractivity (Wildman–Crippen MR) is 257 cm³/mol. The van der Waals surface area contributed by atoms with Crippen LogP contribution in [0.2, 0.25) is 0 Å². The molecule has 2 aromatic carbocycles. The minimum absolute atomic E-state index is 0.601. The van der Waals surface area contributed by atoms with Gasteiger partial charge < -0.3 is 21.0 Å². The number of hydrogen-bond acceptors (Lipinski definition) is 12. The van der Waals surface area contributed by atoms with E-state index in [1.165, 1.54) is 0 Å². The highest BCUT2D eigenvalue weighted by Gasteiger charge is 2.18. The van der Waals surface area contributed by atoms with Crippen LogP contribution in [0.15, 0.2) is 147 Å². The Morgan fingerprint density at radius 3 is 1.62 bits per heavy atom. The molecule has 10 heterocycles. The lowest BCUT2D eigenvalue weighted by molar-refractivity contribution is 0.674. The number of hydrogen-bond donors (Lipinski definition) is 6. The summed E-state index contributed by atoms with van der Waals surface area (Å²) < 4.78 is 0. The third-order valence-corrected chi connectivity index (χ3v) is 11.2. The van der Waals surface area contributed by atoms with Gasteiger partial charge in [0.05, 0.1) is 49.9 Å². The predicted octanol–water partition coefficient (Wildman–Crippen LogP) is 9.33. The van der Waals surface area contributed by atoms with Crippen LogP contribution in [0.4, 0.5) is 5.69 Å². The van der Waals surface area contributed by atoms with E-state index in [0.717, 1.165) is 114 Å². The first kappa shape index (κ1) is 39.8. The fourth-order valence-corrected chi connectivity index (χ4v) is 8.00. The summed E-state index contributed by atoms with van der Waals surface area (Å²) in [5.41, 5.74) is 21.5. The molecule has 10 aromatic heterocycles. The summed E-state index contributed by atoms with van der Waals surface area (Å²) in [4.78, 5) is 43.3. The molecule has 0 spiro atoms. The number of rotatable bonds is 10. The normalized spacial score (nSPS) is 11.4. The first-order chi connectivity index (χ1) is 32.6. The highest BCUT2D eigenvalue weighted by molar-refractivity contribution is 5.98. The third kappa shape index (κ3) is 7.73. The van der Waals surface area contributed by atoms with Crippen LogP contribution >= 0.6 is 0 Å². The van der Waals surface area contributed by atoms with Crippen LogP contribution in [-0.2, 0) is 6.54 Å². The van der Waals surface area contributed by atoms with Crippen LogP contribution in [0.3, 0.4) is 0 Å². The lowest BCUT2D eigenvalue weighted by Crippen LogP contribution is -2.13. The number of benzene rings is 2. The second-order valence-electron chi connectivity index (χ2n) is 15.7. The van der Waals surface area contributed by atoms with Crippen LogP contribution in [0.25, 0.3) is 112 Å². The number of nitrogens with one attached hydrogen (secondary N) is 5. The largest absolute Gasteiger partial charge is 0.397 e. The Kier molecular flexibility index (Phi) is 10.4. The summed E-state index contributed by atoms with van der Waals surface area (Å²) in [6.45, 7) is 3.93. The number of nitrogens with two attached hydrogens (primary N) is 1. The van der Waals surface area contributed by atoms with E-state index in [-0.39, 0.29) is 0 Å².